The van der Waals surface area contributed by atoms with Crippen molar-refractivity contribution in [3.8, 4) is 0 Å². The van der Waals surface area contributed by atoms with Gasteiger partial charge in [-0.2, -0.15) is 5.10 Å². The molecule has 0 fully saturated rings. The number of aryl methyl sites for hydroxylation is 1. The molecule has 0 aliphatic rings. The number of hydrogen-bond acceptors (Lipinski definition) is 5. The van der Waals surface area contributed by atoms with Crippen LogP contribution in [-0.4, -0.2) is 46.5 Å². The number of nitrogens with zero attached hydrogens (tertiary/aromatic N) is 2. The fraction of sp³-hybridized carbons (Fsp3) is 0.364. The molecular formula is C11H15N3O4. The number of ether oxygens (including phenoxy) is 1. The van der Waals surface area contributed by atoms with Crippen molar-refractivity contribution in [2.24, 2.45) is 7.05 Å². The largest absolute Gasteiger partial charge is 0.467 e. The second-order valence-corrected chi connectivity index (χ2v) is 3.56. The van der Waals surface area contributed by atoms with Gasteiger partial charge in [0.1, 0.15) is 0 Å². The van der Waals surface area contributed by atoms with Crippen LogP contribution < -0.4 is 5.32 Å². The van der Waals surface area contributed by atoms with E-state index in [0.717, 1.165) is 12.7 Å². The summed E-state index contributed by atoms with van der Waals surface area (Å²) >= 11 is 0. The molecule has 98 valence electrons. The van der Waals surface area contributed by atoms with Gasteiger partial charge in [0.25, 0.3) is 0 Å². The van der Waals surface area contributed by atoms with E-state index in [-0.39, 0.29) is 6.54 Å². The average Bonchev–Trinajstić information content (AvgIpc) is 2.78. The minimum absolute atomic E-state index is 0.192. The third-order valence-electron chi connectivity index (χ3n) is 2.09. The van der Waals surface area contributed by atoms with Gasteiger partial charge in [0.15, 0.2) is 6.10 Å². The zero-order chi connectivity index (χ0) is 13.5. The van der Waals surface area contributed by atoms with E-state index in [0.29, 0.717) is 0 Å². The number of amides is 1. The minimum atomic E-state index is -1.36. The van der Waals surface area contributed by atoms with E-state index in [1.165, 1.54) is 6.08 Å². The molecule has 7 heteroatoms. The van der Waals surface area contributed by atoms with E-state index in [1.54, 1.807) is 30.2 Å². The molecule has 0 radical (unpaired) electrons. The van der Waals surface area contributed by atoms with Crippen molar-refractivity contribution in [2.75, 3.05) is 13.7 Å². The van der Waals surface area contributed by atoms with Gasteiger partial charge in [-0.05, 0) is 6.08 Å². The summed E-state index contributed by atoms with van der Waals surface area (Å²) in [6.45, 7) is -0.192. The van der Waals surface area contributed by atoms with E-state index in [1.807, 2.05) is 0 Å². The summed E-state index contributed by atoms with van der Waals surface area (Å²) in [5.41, 5.74) is 0.779. The Morgan fingerprint density at radius 2 is 2.39 bits per heavy atom. The molecule has 18 heavy (non-hydrogen) atoms. The van der Waals surface area contributed by atoms with Crippen LogP contribution >= 0.6 is 0 Å². The molecule has 0 aromatic carbocycles. The predicted octanol–water partition coefficient (Wildman–Crippen LogP) is -0.917. The molecular weight excluding hydrogens is 238 g/mol. The maximum Gasteiger partial charge on any atom is 0.336 e. The number of aliphatic hydroxyl groups is 1. The molecule has 1 unspecified atom stereocenters. The van der Waals surface area contributed by atoms with Crippen LogP contribution in [0.1, 0.15) is 5.56 Å². The van der Waals surface area contributed by atoms with Gasteiger partial charge in [0.2, 0.25) is 5.91 Å². The Balaban J connectivity index is 2.38. The Morgan fingerprint density at radius 3 is 2.94 bits per heavy atom. The van der Waals surface area contributed by atoms with E-state index >= 15 is 0 Å². The van der Waals surface area contributed by atoms with Crippen LogP contribution in [0.25, 0.3) is 6.08 Å². The van der Waals surface area contributed by atoms with Crippen molar-refractivity contribution >= 4 is 18.0 Å². The Morgan fingerprint density at radius 1 is 1.67 bits per heavy atom. The quantitative estimate of drug-likeness (QED) is 0.523. The summed E-state index contributed by atoms with van der Waals surface area (Å²) in [6.07, 6.45) is 4.86. The van der Waals surface area contributed by atoms with Crippen LogP contribution in [0.5, 0.6) is 0 Å². The number of aromatic nitrogens is 2. The van der Waals surface area contributed by atoms with E-state index in [4.69, 9.17) is 0 Å². The van der Waals surface area contributed by atoms with Gasteiger partial charge in [-0.25, -0.2) is 4.79 Å². The molecule has 0 spiro atoms. The van der Waals surface area contributed by atoms with E-state index in [2.05, 4.69) is 15.2 Å². The van der Waals surface area contributed by atoms with Gasteiger partial charge in [-0.3, -0.25) is 9.48 Å². The van der Waals surface area contributed by atoms with Crippen LogP contribution in [0.15, 0.2) is 18.5 Å². The summed E-state index contributed by atoms with van der Waals surface area (Å²) in [4.78, 5) is 22.2. The summed E-state index contributed by atoms with van der Waals surface area (Å²) < 4.78 is 5.92. The Kier molecular flexibility index (Phi) is 5.06. The first-order chi connectivity index (χ1) is 8.52. The molecule has 1 heterocycles. The van der Waals surface area contributed by atoms with Gasteiger partial charge >= 0.3 is 5.97 Å². The molecule has 7 nitrogen and oxygen atoms in total. The summed E-state index contributed by atoms with van der Waals surface area (Å²) in [7, 11) is 2.93. The lowest BCUT2D eigenvalue weighted by molar-refractivity contribution is -0.150. The fourth-order valence-electron chi connectivity index (χ4n) is 1.17. The Labute approximate surface area is 104 Å². The highest BCUT2D eigenvalue weighted by Crippen LogP contribution is 1.98. The first-order valence-electron chi connectivity index (χ1n) is 5.23. The average molecular weight is 253 g/mol. The van der Waals surface area contributed by atoms with Crippen molar-refractivity contribution in [1.29, 1.82) is 0 Å². The highest BCUT2D eigenvalue weighted by atomic mass is 16.5. The van der Waals surface area contributed by atoms with Gasteiger partial charge in [0.05, 0.1) is 19.9 Å². The number of carbonyl (C=O) groups excluding carboxylic acids is 2. The number of carbonyl (C=O) groups is 2. The van der Waals surface area contributed by atoms with Gasteiger partial charge < -0.3 is 15.2 Å². The number of aliphatic hydroxyl groups excluding tert-OH is 1. The highest BCUT2D eigenvalue weighted by molar-refractivity contribution is 5.92. The second kappa shape index (κ2) is 6.55. The third-order valence-corrected chi connectivity index (χ3v) is 2.09. The zero-order valence-electron chi connectivity index (χ0n) is 10.2. The molecule has 1 atom stereocenters. The van der Waals surface area contributed by atoms with Crippen LogP contribution in [0, 0.1) is 0 Å². The number of esters is 1. The molecule has 2 N–H and O–H groups in total. The standard InChI is InChI=1S/C11H15N3O4/c1-14-7-8(5-13-14)3-4-10(16)12-6-9(15)11(17)18-2/h3-5,7,9,15H,6H2,1-2H3,(H,12,16)/b4-3+. The predicted molar refractivity (Wildman–Crippen MR) is 63.3 cm³/mol. The maximum absolute atomic E-state index is 11.4. The third kappa shape index (κ3) is 4.38. The molecule has 1 amide bonds. The SMILES string of the molecule is COC(=O)C(O)CNC(=O)/C=C/c1cnn(C)c1. The summed E-state index contributed by atoms with van der Waals surface area (Å²) in [5, 5.41) is 15.5. The molecule has 1 aromatic rings. The molecule has 0 aliphatic carbocycles. The zero-order valence-corrected chi connectivity index (χ0v) is 10.2. The fourth-order valence-corrected chi connectivity index (χ4v) is 1.17. The summed E-state index contributed by atoms with van der Waals surface area (Å²) in [5.74, 6) is -1.20. The minimum Gasteiger partial charge on any atom is -0.467 e. The molecule has 0 aliphatic heterocycles. The number of hydrogen-bond donors (Lipinski definition) is 2. The first kappa shape index (κ1) is 13.9. The monoisotopic (exact) mass is 253 g/mol. The summed E-state index contributed by atoms with van der Waals surface area (Å²) in [6, 6.07) is 0. The van der Waals surface area contributed by atoms with Crippen molar-refractivity contribution in [3.05, 3.63) is 24.0 Å². The Hall–Kier alpha value is -2.15. The van der Waals surface area contributed by atoms with Crippen LogP contribution in [0.3, 0.4) is 0 Å². The molecule has 1 rings (SSSR count). The van der Waals surface area contributed by atoms with Crippen molar-refractivity contribution < 1.29 is 19.4 Å². The molecule has 0 saturated carbocycles. The van der Waals surface area contributed by atoms with Gasteiger partial charge in [-0.1, -0.05) is 0 Å². The smallest absolute Gasteiger partial charge is 0.336 e. The van der Waals surface area contributed by atoms with Crippen molar-refractivity contribution in [2.45, 2.75) is 6.10 Å². The Bertz CT molecular complexity index is 453. The first-order valence-corrected chi connectivity index (χ1v) is 5.23. The van der Waals surface area contributed by atoms with Crippen LogP contribution in [0.2, 0.25) is 0 Å². The van der Waals surface area contributed by atoms with Gasteiger partial charge in [0, 0.05) is 24.9 Å². The maximum atomic E-state index is 11.4. The lowest BCUT2D eigenvalue weighted by Crippen LogP contribution is -2.36. The molecule has 1 aromatic heterocycles. The lowest BCUT2D eigenvalue weighted by Gasteiger charge is -2.07. The normalized spacial score (nSPS) is 12.4. The highest BCUT2D eigenvalue weighted by Gasteiger charge is 2.15. The van der Waals surface area contributed by atoms with Crippen molar-refractivity contribution in [1.82, 2.24) is 15.1 Å². The van der Waals surface area contributed by atoms with Crippen LogP contribution in [-0.2, 0) is 21.4 Å². The number of rotatable bonds is 5. The van der Waals surface area contributed by atoms with Gasteiger partial charge in [-0.15, -0.1) is 0 Å². The van der Waals surface area contributed by atoms with E-state index < -0.39 is 18.0 Å². The lowest BCUT2D eigenvalue weighted by atomic mass is 10.3. The topological polar surface area (TPSA) is 93.4 Å². The number of methoxy groups -OCH3 is 1. The second-order valence-electron chi connectivity index (χ2n) is 3.56. The van der Waals surface area contributed by atoms with Crippen LogP contribution in [0.4, 0.5) is 0 Å². The van der Waals surface area contributed by atoms with Crippen molar-refractivity contribution in [3.63, 3.8) is 0 Å². The van der Waals surface area contributed by atoms with E-state index in [9.17, 15) is 14.7 Å². The molecule has 0 bridgehead atoms. The number of nitrogens with one attached hydrogen (secondary N) is 1. The molecule has 0 saturated heterocycles.